The summed E-state index contributed by atoms with van der Waals surface area (Å²) >= 11 is 0. The number of anilines is 1. The number of carbonyl (C=O) groups is 1. The van der Waals surface area contributed by atoms with E-state index in [-0.39, 0.29) is 11.8 Å². The topological polar surface area (TPSA) is 41.6 Å². The van der Waals surface area contributed by atoms with Crippen molar-refractivity contribution in [2.45, 2.75) is 19.4 Å². The number of esters is 1. The van der Waals surface area contributed by atoms with Gasteiger partial charge in [-0.15, -0.1) is 0 Å². The first-order valence-electron chi connectivity index (χ1n) is 6.24. The monoisotopic (exact) mass is 268 g/mol. The van der Waals surface area contributed by atoms with Crippen molar-refractivity contribution < 1.29 is 13.9 Å². The fraction of sp³-hybridized carbons (Fsp3) is 0.500. The van der Waals surface area contributed by atoms with Crippen LogP contribution in [0.15, 0.2) is 24.3 Å². The molecule has 0 aliphatic rings. The van der Waals surface area contributed by atoms with Crippen LogP contribution in [0.4, 0.5) is 10.1 Å². The highest BCUT2D eigenvalue weighted by Crippen LogP contribution is 2.19. The minimum atomic E-state index is -0.836. The van der Waals surface area contributed by atoms with Gasteiger partial charge >= 0.3 is 5.97 Å². The molecule has 0 bridgehead atoms. The molecule has 1 aromatic rings. The lowest BCUT2D eigenvalue weighted by Gasteiger charge is -2.34. The Morgan fingerprint density at radius 3 is 2.68 bits per heavy atom. The lowest BCUT2D eigenvalue weighted by Crippen LogP contribution is -2.56. The lowest BCUT2D eigenvalue weighted by molar-refractivity contribution is -0.147. The molecule has 0 radical (unpaired) electrons. The number of rotatable bonds is 6. The smallest absolute Gasteiger partial charge is 0.327 e. The van der Waals surface area contributed by atoms with Crippen LogP contribution in [0, 0.1) is 5.82 Å². The summed E-state index contributed by atoms with van der Waals surface area (Å²) in [5.74, 6) is -0.634. The van der Waals surface area contributed by atoms with Crippen molar-refractivity contribution in [2.24, 2.45) is 0 Å². The third kappa shape index (κ3) is 3.67. The number of hydrogen-bond acceptors (Lipinski definition) is 4. The van der Waals surface area contributed by atoms with Crippen LogP contribution in [-0.4, -0.2) is 38.8 Å². The molecule has 0 amide bonds. The maximum Gasteiger partial charge on any atom is 0.327 e. The van der Waals surface area contributed by atoms with Gasteiger partial charge in [0.05, 0.1) is 7.11 Å². The van der Waals surface area contributed by atoms with Crippen LogP contribution in [0.2, 0.25) is 0 Å². The molecule has 1 rings (SSSR count). The summed E-state index contributed by atoms with van der Waals surface area (Å²) in [7, 11) is 3.06. The van der Waals surface area contributed by atoms with Crippen LogP contribution in [0.25, 0.3) is 0 Å². The molecule has 0 fully saturated rings. The molecule has 0 saturated carbocycles. The fourth-order valence-corrected chi connectivity index (χ4v) is 1.91. The first kappa shape index (κ1) is 15.4. The summed E-state index contributed by atoms with van der Waals surface area (Å²) in [5, 5.41) is 2.97. The number of nitrogens with zero attached hydrogens (tertiary/aromatic N) is 1. The zero-order valence-corrected chi connectivity index (χ0v) is 11.9. The first-order chi connectivity index (χ1) is 8.96. The molecular formula is C14H21FN2O2. The van der Waals surface area contributed by atoms with E-state index in [9.17, 15) is 9.18 Å². The Kier molecular flexibility index (Phi) is 5.30. The van der Waals surface area contributed by atoms with Crippen LogP contribution < -0.4 is 10.2 Å². The second kappa shape index (κ2) is 6.52. The van der Waals surface area contributed by atoms with E-state index in [1.807, 2.05) is 17.9 Å². The predicted molar refractivity (Wildman–Crippen MR) is 73.8 cm³/mol. The molecule has 0 heterocycles. The molecule has 106 valence electrons. The van der Waals surface area contributed by atoms with Crippen LogP contribution in [0.1, 0.15) is 13.8 Å². The van der Waals surface area contributed by atoms with Gasteiger partial charge in [-0.2, -0.15) is 0 Å². The predicted octanol–water partition coefficient (Wildman–Crippen LogP) is 1.80. The average molecular weight is 268 g/mol. The second-order valence-corrected chi connectivity index (χ2v) is 4.57. The van der Waals surface area contributed by atoms with Crippen LogP contribution in [0.5, 0.6) is 0 Å². The Balaban J connectivity index is 2.95. The highest BCUT2D eigenvalue weighted by Gasteiger charge is 2.34. The Morgan fingerprint density at radius 1 is 1.53 bits per heavy atom. The maximum atomic E-state index is 13.3. The number of halogens is 1. The normalized spacial score (nSPS) is 13.7. The summed E-state index contributed by atoms with van der Waals surface area (Å²) < 4.78 is 18.1. The zero-order chi connectivity index (χ0) is 14.5. The third-order valence-electron chi connectivity index (χ3n) is 3.25. The van der Waals surface area contributed by atoms with Gasteiger partial charge in [0.2, 0.25) is 0 Å². The van der Waals surface area contributed by atoms with Crippen molar-refractivity contribution >= 4 is 11.7 Å². The molecule has 1 aromatic carbocycles. The van der Waals surface area contributed by atoms with Crippen molar-refractivity contribution in [1.82, 2.24) is 5.32 Å². The number of nitrogens with one attached hydrogen (secondary N) is 1. The molecule has 5 heteroatoms. The number of benzene rings is 1. The summed E-state index contributed by atoms with van der Waals surface area (Å²) in [6, 6.07) is 6.33. The number of likely N-dealkylation sites (N-methyl/N-ethyl adjacent to an activating group) is 2. The van der Waals surface area contributed by atoms with E-state index in [0.717, 1.165) is 5.69 Å². The Bertz CT molecular complexity index is 439. The highest BCUT2D eigenvalue weighted by molar-refractivity contribution is 5.81. The summed E-state index contributed by atoms with van der Waals surface area (Å²) in [6.07, 6.45) is 0. The molecule has 4 nitrogen and oxygen atoms in total. The minimum absolute atomic E-state index is 0.292. The molecule has 1 atom stereocenters. The third-order valence-corrected chi connectivity index (χ3v) is 3.25. The highest BCUT2D eigenvalue weighted by atomic mass is 19.1. The van der Waals surface area contributed by atoms with Gasteiger partial charge in [0.25, 0.3) is 0 Å². The van der Waals surface area contributed by atoms with Gasteiger partial charge in [0, 0.05) is 18.8 Å². The quantitative estimate of drug-likeness (QED) is 0.799. The first-order valence-corrected chi connectivity index (χ1v) is 6.24. The minimum Gasteiger partial charge on any atom is -0.468 e. The Morgan fingerprint density at radius 2 is 2.21 bits per heavy atom. The molecule has 0 aromatic heterocycles. The van der Waals surface area contributed by atoms with Gasteiger partial charge in [-0.25, -0.2) is 9.18 Å². The van der Waals surface area contributed by atoms with E-state index in [0.29, 0.717) is 13.1 Å². The maximum absolute atomic E-state index is 13.3. The molecular weight excluding hydrogens is 247 g/mol. The van der Waals surface area contributed by atoms with Crippen molar-refractivity contribution in [3.05, 3.63) is 30.1 Å². The van der Waals surface area contributed by atoms with Gasteiger partial charge in [0.1, 0.15) is 11.4 Å². The standard InChI is InChI=1S/C14H21FN2O2/c1-5-17(12-8-6-7-11(15)9-12)10-14(2,16-3)13(18)19-4/h6-9,16H,5,10H2,1-4H3. The van der Waals surface area contributed by atoms with Gasteiger partial charge in [-0.05, 0) is 39.1 Å². The number of ether oxygens (including phenoxy) is 1. The van der Waals surface area contributed by atoms with Crippen LogP contribution in [-0.2, 0) is 9.53 Å². The number of methoxy groups -OCH3 is 1. The molecule has 1 unspecified atom stereocenters. The molecule has 1 N–H and O–H groups in total. The van der Waals surface area contributed by atoms with Gasteiger partial charge in [-0.1, -0.05) is 6.07 Å². The van der Waals surface area contributed by atoms with Gasteiger partial charge in [0.15, 0.2) is 0 Å². The van der Waals surface area contributed by atoms with E-state index in [1.54, 1.807) is 20.0 Å². The van der Waals surface area contributed by atoms with Crippen molar-refractivity contribution in [2.75, 3.05) is 32.1 Å². The van der Waals surface area contributed by atoms with Crippen LogP contribution in [0.3, 0.4) is 0 Å². The van der Waals surface area contributed by atoms with Gasteiger partial charge < -0.3 is 15.0 Å². The van der Waals surface area contributed by atoms with E-state index in [1.165, 1.54) is 19.2 Å². The molecule has 0 aliphatic heterocycles. The summed E-state index contributed by atoms with van der Waals surface area (Å²) in [6.45, 7) is 4.78. The average Bonchev–Trinajstić information content (AvgIpc) is 2.43. The van der Waals surface area contributed by atoms with E-state index in [2.05, 4.69) is 5.32 Å². The lowest BCUT2D eigenvalue weighted by atomic mass is 10.0. The fourth-order valence-electron chi connectivity index (χ4n) is 1.91. The van der Waals surface area contributed by atoms with E-state index in [4.69, 9.17) is 4.74 Å². The molecule has 19 heavy (non-hydrogen) atoms. The molecule has 0 aliphatic carbocycles. The van der Waals surface area contributed by atoms with Gasteiger partial charge in [-0.3, -0.25) is 0 Å². The van der Waals surface area contributed by atoms with Crippen LogP contribution >= 0.6 is 0 Å². The Hall–Kier alpha value is -1.62. The summed E-state index contributed by atoms with van der Waals surface area (Å²) in [4.78, 5) is 13.8. The zero-order valence-electron chi connectivity index (χ0n) is 11.9. The number of carbonyl (C=O) groups excluding carboxylic acids is 1. The van der Waals surface area contributed by atoms with Crippen molar-refractivity contribution in [1.29, 1.82) is 0 Å². The SMILES string of the molecule is CCN(CC(C)(NC)C(=O)OC)c1cccc(F)c1. The number of hydrogen-bond donors (Lipinski definition) is 1. The van der Waals surface area contributed by atoms with E-state index >= 15 is 0 Å². The Labute approximate surface area is 113 Å². The van der Waals surface area contributed by atoms with Crippen molar-refractivity contribution in [3.63, 3.8) is 0 Å². The second-order valence-electron chi connectivity index (χ2n) is 4.57. The van der Waals surface area contributed by atoms with Crippen molar-refractivity contribution in [3.8, 4) is 0 Å². The molecule has 0 spiro atoms. The molecule has 0 saturated heterocycles. The summed E-state index contributed by atoms with van der Waals surface area (Å²) in [5.41, 5.74) is -0.0928. The van der Waals surface area contributed by atoms with E-state index < -0.39 is 5.54 Å². The largest absolute Gasteiger partial charge is 0.468 e.